The molecule has 0 aliphatic carbocycles. The van der Waals surface area contributed by atoms with Crippen molar-refractivity contribution in [2.45, 2.75) is 29.9 Å². The maximum absolute atomic E-state index is 13.0. The van der Waals surface area contributed by atoms with Crippen molar-refractivity contribution < 1.29 is 31.2 Å². The van der Waals surface area contributed by atoms with Gasteiger partial charge in [-0.05, 0) is 42.8 Å². The molecule has 0 spiro atoms. The van der Waals surface area contributed by atoms with Gasteiger partial charge in [-0.25, -0.2) is 18.1 Å². The molecule has 0 aliphatic rings. The van der Waals surface area contributed by atoms with Crippen molar-refractivity contribution in [2.24, 2.45) is 0 Å². The Hall–Kier alpha value is -3.11. The van der Waals surface area contributed by atoms with Crippen molar-refractivity contribution in [1.82, 2.24) is 9.71 Å². The second-order valence-electron chi connectivity index (χ2n) is 6.14. The first-order chi connectivity index (χ1) is 14.3. The second-order valence-corrected chi connectivity index (χ2v) is 8.78. The smallest absolute Gasteiger partial charge is 0.325 e. The van der Waals surface area contributed by atoms with Gasteiger partial charge in [0.1, 0.15) is 16.8 Å². The minimum absolute atomic E-state index is 0.0571. The van der Waals surface area contributed by atoms with E-state index in [1.54, 1.807) is 10.8 Å². The summed E-state index contributed by atoms with van der Waals surface area (Å²) in [5, 5.41) is 11.4. The highest BCUT2D eigenvalue weighted by molar-refractivity contribution is 8.00. The third-order valence-electron chi connectivity index (χ3n) is 3.65. The third kappa shape index (κ3) is 6.43. The van der Waals surface area contributed by atoms with Crippen molar-refractivity contribution >= 4 is 39.3 Å². The zero-order valence-electron chi connectivity index (χ0n) is 16.1. The number of thioether (sulfide) groups is 1. The van der Waals surface area contributed by atoms with Crippen LogP contribution in [0.25, 0.3) is 0 Å². The number of hydrogen-bond donors (Lipinski definition) is 2. The normalized spacial score (nSPS) is 11.5. The highest BCUT2D eigenvalue weighted by Crippen LogP contribution is 2.32. The van der Waals surface area contributed by atoms with E-state index in [1.165, 1.54) is 31.2 Å². The molecule has 0 atom stereocenters. The highest BCUT2D eigenvalue weighted by Gasteiger charge is 2.34. The number of nitrogens with zero attached hydrogens (tertiary/aromatic N) is 2. The topological polar surface area (TPSA) is 129 Å². The van der Waals surface area contributed by atoms with Gasteiger partial charge in [0, 0.05) is 12.6 Å². The lowest BCUT2D eigenvalue weighted by Gasteiger charge is -2.11. The molecule has 31 heavy (non-hydrogen) atoms. The van der Waals surface area contributed by atoms with Gasteiger partial charge in [-0.1, -0.05) is 11.8 Å². The van der Waals surface area contributed by atoms with Crippen LogP contribution in [0.15, 0.2) is 40.3 Å². The van der Waals surface area contributed by atoms with Gasteiger partial charge in [0.25, 0.3) is 10.0 Å². The van der Waals surface area contributed by atoms with E-state index in [2.05, 4.69) is 10.3 Å². The van der Waals surface area contributed by atoms with Gasteiger partial charge in [0.05, 0.1) is 16.2 Å². The minimum atomic E-state index is -4.70. The predicted octanol–water partition coefficient (Wildman–Crippen LogP) is 2.84. The fraction of sp³-hybridized carbons (Fsp3) is 0.222. The first-order valence-corrected chi connectivity index (χ1v) is 10.9. The largest absolute Gasteiger partial charge is 0.433 e. The molecule has 13 heteroatoms. The Bertz CT molecular complexity index is 1160. The first kappa shape index (κ1) is 24.2. The molecule has 8 nitrogen and oxygen atoms in total. The van der Waals surface area contributed by atoms with Crippen molar-refractivity contribution in [3.8, 4) is 6.07 Å². The molecule has 0 radical (unpaired) electrons. The highest BCUT2D eigenvalue weighted by atomic mass is 32.2. The standard InChI is InChI=1S/C18H15F3N4O4S2/c1-10-7-15(18(19,20)21)24-17(14(10)8-22)30-9-16(27)23-12-3-5-13(6-4-12)31(28,29)25-11(2)26/h3-7H,9H2,1-2H3,(H,23,27)(H,25,26). The molecule has 0 unspecified atom stereocenters. The summed E-state index contributed by atoms with van der Waals surface area (Å²) in [5.74, 6) is -1.71. The van der Waals surface area contributed by atoms with Crippen molar-refractivity contribution in [1.29, 1.82) is 5.26 Å². The van der Waals surface area contributed by atoms with Crippen LogP contribution < -0.4 is 10.0 Å². The van der Waals surface area contributed by atoms with E-state index in [0.717, 1.165) is 13.0 Å². The summed E-state index contributed by atoms with van der Waals surface area (Å²) in [6, 6.07) is 7.44. The number of benzene rings is 1. The Balaban J connectivity index is 2.10. The van der Waals surface area contributed by atoms with Crippen LogP contribution in [-0.2, 0) is 25.8 Å². The molecule has 2 rings (SSSR count). The number of anilines is 1. The van der Waals surface area contributed by atoms with Crippen LogP contribution in [0.5, 0.6) is 0 Å². The average Bonchev–Trinajstić information content (AvgIpc) is 2.64. The Morgan fingerprint density at radius 3 is 2.35 bits per heavy atom. The molecule has 1 aromatic carbocycles. The number of carbonyl (C=O) groups excluding carboxylic acids is 2. The van der Waals surface area contributed by atoms with Crippen LogP contribution in [-0.4, -0.2) is 31.0 Å². The van der Waals surface area contributed by atoms with Crippen LogP contribution in [0.4, 0.5) is 18.9 Å². The number of aromatic nitrogens is 1. The molecule has 0 saturated carbocycles. The van der Waals surface area contributed by atoms with E-state index in [4.69, 9.17) is 0 Å². The van der Waals surface area contributed by atoms with Gasteiger partial charge in [-0.2, -0.15) is 18.4 Å². The Morgan fingerprint density at radius 2 is 1.84 bits per heavy atom. The Morgan fingerprint density at radius 1 is 1.23 bits per heavy atom. The second kappa shape index (κ2) is 9.36. The predicted molar refractivity (Wildman–Crippen MR) is 105 cm³/mol. The van der Waals surface area contributed by atoms with Gasteiger partial charge < -0.3 is 5.32 Å². The quantitative estimate of drug-likeness (QED) is 0.619. The van der Waals surface area contributed by atoms with E-state index in [1.807, 2.05) is 0 Å². The summed E-state index contributed by atoms with van der Waals surface area (Å²) in [6.45, 7) is 2.39. The average molecular weight is 472 g/mol. The summed E-state index contributed by atoms with van der Waals surface area (Å²) in [4.78, 5) is 26.3. The van der Waals surface area contributed by atoms with E-state index in [9.17, 15) is 36.4 Å². The number of halogens is 3. The number of aryl methyl sites for hydroxylation is 1. The van der Waals surface area contributed by atoms with Crippen molar-refractivity contribution in [3.05, 3.63) is 47.2 Å². The summed E-state index contributed by atoms with van der Waals surface area (Å²) < 4.78 is 64.4. The Kier molecular flexibility index (Phi) is 7.29. The zero-order chi connectivity index (χ0) is 23.4. The van der Waals surface area contributed by atoms with Crippen LogP contribution in [0.3, 0.4) is 0 Å². The number of sulfonamides is 1. The van der Waals surface area contributed by atoms with E-state index < -0.39 is 33.7 Å². The monoisotopic (exact) mass is 472 g/mol. The van der Waals surface area contributed by atoms with Crippen LogP contribution in [0.1, 0.15) is 23.7 Å². The number of carbonyl (C=O) groups is 2. The molecule has 0 aliphatic heterocycles. The maximum atomic E-state index is 13.0. The van der Waals surface area contributed by atoms with Gasteiger partial charge in [-0.15, -0.1) is 0 Å². The summed E-state index contributed by atoms with van der Waals surface area (Å²) in [5.41, 5.74) is -0.911. The number of alkyl halides is 3. The van der Waals surface area contributed by atoms with Gasteiger partial charge in [0.15, 0.2) is 0 Å². The molecule has 164 valence electrons. The maximum Gasteiger partial charge on any atom is 0.433 e. The number of nitrogens with one attached hydrogen (secondary N) is 2. The van der Waals surface area contributed by atoms with Gasteiger partial charge >= 0.3 is 6.18 Å². The molecule has 2 aromatic rings. The summed E-state index contributed by atoms with van der Waals surface area (Å²) in [6.07, 6.45) is -4.70. The van der Waals surface area contributed by atoms with Crippen LogP contribution >= 0.6 is 11.8 Å². The number of hydrogen-bond acceptors (Lipinski definition) is 7. The lowest BCUT2D eigenvalue weighted by atomic mass is 10.1. The zero-order valence-corrected chi connectivity index (χ0v) is 17.7. The summed E-state index contributed by atoms with van der Waals surface area (Å²) >= 11 is 0.669. The van der Waals surface area contributed by atoms with Gasteiger partial charge in [-0.3, -0.25) is 9.59 Å². The van der Waals surface area contributed by atoms with E-state index in [-0.39, 0.29) is 32.5 Å². The fourth-order valence-electron chi connectivity index (χ4n) is 2.33. The number of amides is 2. The van der Waals surface area contributed by atoms with Crippen molar-refractivity contribution in [2.75, 3.05) is 11.1 Å². The molecule has 0 saturated heterocycles. The SMILES string of the molecule is CC(=O)NS(=O)(=O)c1ccc(NC(=O)CSc2nc(C(F)(F)F)cc(C)c2C#N)cc1. The van der Waals surface area contributed by atoms with Gasteiger partial charge in [0.2, 0.25) is 11.8 Å². The molecule has 0 fully saturated rings. The fourth-order valence-corrected chi connectivity index (χ4v) is 4.17. The first-order valence-electron chi connectivity index (χ1n) is 8.38. The molecule has 1 heterocycles. The molecule has 0 bridgehead atoms. The van der Waals surface area contributed by atoms with Crippen LogP contribution in [0.2, 0.25) is 0 Å². The number of nitriles is 1. The molecule has 2 N–H and O–H groups in total. The Labute approximate surface area is 179 Å². The van der Waals surface area contributed by atoms with E-state index >= 15 is 0 Å². The number of pyridine rings is 1. The number of rotatable bonds is 6. The van der Waals surface area contributed by atoms with Crippen LogP contribution in [0, 0.1) is 18.3 Å². The summed E-state index contributed by atoms with van der Waals surface area (Å²) in [7, 11) is -4.03. The molecule has 2 amide bonds. The molecular formula is C18H15F3N4O4S2. The third-order valence-corrected chi connectivity index (χ3v) is 6.08. The molecular weight excluding hydrogens is 457 g/mol. The lowest BCUT2D eigenvalue weighted by molar-refractivity contribution is -0.141. The lowest BCUT2D eigenvalue weighted by Crippen LogP contribution is -2.28. The molecule has 1 aromatic heterocycles. The van der Waals surface area contributed by atoms with Crippen molar-refractivity contribution in [3.63, 3.8) is 0 Å². The van der Waals surface area contributed by atoms with E-state index in [0.29, 0.717) is 11.8 Å². The minimum Gasteiger partial charge on any atom is -0.325 e.